The minimum absolute atomic E-state index is 0.314. The second-order valence-corrected chi connectivity index (χ2v) is 4.78. The molecule has 0 bridgehead atoms. The molecule has 0 aliphatic heterocycles. The second kappa shape index (κ2) is 6.24. The molecule has 0 atom stereocenters. The summed E-state index contributed by atoms with van der Waals surface area (Å²) in [4.78, 5) is 11.3. The van der Waals surface area contributed by atoms with Gasteiger partial charge in [-0.2, -0.15) is 0 Å². The molecule has 0 amide bonds. The van der Waals surface area contributed by atoms with Crippen LogP contribution in [0.5, 0.6) is 0 Å². The average Bonchev–Trinajstić information content (AvgIpc) is 2.48. The van der Waals surface area contributed by atoms with E-state index in [1.807, 2.05) is 12.1 Å². The van der Waals surface area contributed by atoms with Crippen molar-refractivity contribution in [3.05, 3.63) is 64.7 Å². The lowest BCUT2D eigenvalue weighted by Crippen LogP contribution is -2.04. The predicted octanol–water partition coefficient (Wildman–Crippen LogP) is 3.70. The number of anilines is 1. The van der Waals surface area contributed by atoms with Crippen LogP contribution < -0.4 is 5.32 Å². The molecule has 20 heavy (non-hydrogen) atoms. The Morgan fingerprint density at radius 3 is 2.45 bits per heavy atom. The van der Waals surface area contributed by atoms with Gasteiger partial charge in [-0.05, 0) is 54.8 Å². The van der Waals surface area contributed by atoms with Crippen molar-refractivity contribution >= 4 is 11.7 Å². The number of nitrogens with one attached hydrogen (secondary N) is 1. The standard InChI is InChI=1S/C17H19NO2/c1-12-5-4-6-15(13(12)2)11-18-16-9-7-14(8-10-16)17(19)20-3/h4-10,18H,11H2,1-3H3. The Balaban J connectivity index is 2.04. The number of aryl methyl sites for hydroxylation is 1. The van der Waals surface area contributed by atoms with Crippen LogP contribution in [0.2, 0.25) is 0 Å². The van der Waals surface area contributed by atoms with Crippen LogP contribution in [0.1, 0.15) is 27.0 Å². The van der Waals surface area contributed by atoms with Crippen LogP contribution in [0.4, 0.5) is 5.69 Å². The van der Waals surface area contributed by atoms with E-state index in [-0.39, 0.29) is 5.97 Å². The molecule has 2 aromatic rings. The summed E-state index contributed by atoms with van der Waals surface area (Å²) in [6.45, 7) is 5.02. The van der Waals surface area contributed by atoms with Crippen LogP contribution in [0.15, 0.2) is 42.5 Å². The van der Waals surface area contributed by atoms with Crippen LogP contribution in [0.3, 0.4) is 0 Å². The van der Waals surface area contributed by atoms with Gasteiger partial charge in [0.2, 0.25) is 0 Å². The Hall–Kier alpha value is -2.29. The van der Waals surface area contributed by atoms with E-state index in [9.17, 15) is 4.79 Å². The SMILES string of the molecule is COC(=O)c1ccc(NCc2cccc(C)c2C)cc1. The summed E-state index contributed by atoms with van der Waals surface area (Å²) in [5.74, 6) is -0.314. The van der Waals surface area contributed by atoms with Crippen LogP contribution in [-0.4, -0.2) is 13.1 Å². The highest BCUT2D eigenvalue weighted by Crippen LogP contribution is 2.16. The zero-order valence-electron chi connectivity index (χ0n) is 12.1. The van der Waals surface area contributed by atoms with E-state index in [1.165, 1.54) is 23.8 Å². The summed E-state index contributed by atoms with van der Waals surface area (Å²) in [6, 6.07) is 13.6. The molecule has 0 aromatic heterocycles. The molecule has 0 unspecified atom stereocenters. The van der Waals surface area contributed by atoms with Gasteiger partial charge in [0.1, 0.15) is 0 Å². The summed E-state index contributed by atoms with van der Waals surface area (Å²) >= 11 is 0. The highest BCUT2D eigenvalue weighted by Gasteiger charge is 2.04. The first kappa shape index (κ1) is 14.1. The van der Waals surface area contributed by atoms with Crippen molar-refractivity contribution in [2.45, 2.75) is 20.4 Å². The van der Waals surface area contributed by atoms with Crippen molar-refractivity contribution in [1.29, 1.82) is 0 Å². The molecule has 3 heteroatoms. The Morgan fingerprint density at radius 1 is 1.10 bits per heavy atom. The number of esters is 1. The summed E-state index contributed by atoms with van der Waals surface area (Å²) in [5, 5.41) is 3.36. The topological polar surface area (TPSA) is 38.3 Å². The fraction of sp³-hybridized carbons (Fsp3) is 0.235. The molecule has 0 fully saturated rings. The van der Waals surface area contributed by atoms with Crippen molar-refractivity contribution in [3.8, 4) is 0 Å². The maximum absolute atomic E-state index is 11.3. The molecular formula is C17H19NO2. The molecule has 2 aromatic carbocycles. The van der Waals surface area contributed by atoms with Gasteiger partial charge in [0.25, 0.3) is 0 Å². The number of benzene rings is 2. The summed E-state index contributed by atoms with van der Waals surface area (Å²) in [7, 11) is 1.38. The van der Waals surface area contributed by atoms with Gasteiger partial charge >= 0.3 is 5.97 Å². The van der Waals surface area contributed by atoms with E-state index in [0.717, 1.165) is 12.2 Å². The van der Waals surface area contributed by atoms with E-state index in [1.54, 1.807) is 12.1 Å². The second-order valence-electron chi connectivity index (χ2n) is 4.78. The Bertz CT molecular complexity index is 603. The smallest absolute Gasteiger partial charge is 0.337 e. The van der Waals surface area contributed by atoms with Crippen molar-refractivity contribution in [1.82, 2.24) is 0 Å². The number of carbonyl (C=O) groups is 1. The lowest BCUT2D eigenvalue weighted by molar-refractivity contribution is 0.0601. The van der Waals surface area contributed by atoms with Gasteiger partial charge in [0.15, 0.2) is 0 Å². The van der Waals surface area contributed by atoms with E-state index < -0.39 is 0 Å². The maximum Gasteiger partial charge on any atom is 0.337 e. The lowest BCUT2D eigenvalue weighted by Gasteiger charge is -2.11. The van der Waals surface area contributed by atoms with Crippen LogP contribution in [0, 0.1) is 13.8 Å². The molecule has 0 aliphatic carbocycles. The summed E-state index contributed by atoms with van der Waals surface area (Å²) in [5.41, 5.74) is 5.43. The third-order valence-corrected chi connectivity index (χ3v) is 3.51. The highest BCUT2D eigenvalue weighted by molar-refractivity contribution is 5.89. The van der Waals surface area contributed by atoms with Crippen LogP contribution in [-0.2, 0) is 11.3 Å². The fourth-order valence-electron chi connectivity index (χ4n) is 2.04. The number of hydrogen-bond acceptors (Lipinski definition) is 3. The molecule has 1 N–H and O–H groups in total. The first-order valence-electron chi connectivity index (χ1n) is 6.59. The molecule has 3 nitrogen and oxygen atoms in total. The third-order valence-electron chi connectivity index (χ3n) is 3.51. The van der Waals surface area contributed by atoms with E-state index >= 15 is 0 Å². The first-order valence-corrected chi connectivity index (χ1v) is 6.59. The maximum atomic E-state index is 11.3. The van der Waals surface area contributed by atoms with Gasteiger partial charge < -0.3 is 10.1 Å². The van der Waals surface area contributed by atoms with Gasteiger partial charge in [0, 0.05) is 12.2 Å². The average molecular weight is 269 g/mol. The normalized spacial score (nSPS) is 10.2. The Kier molecular flexibility index (Phi) is 4.41. The number of methoxy groups -OCH3 is 1. The van der Waals surface area contributed by atoms with Gasteiger partial charge in [-0.3, -0.25) is 0 Å². The number of carbonyl (C=O) groups excluding carboxylic acids is 1. The third kappa shape index (κ3) is 3.18. The van der Waals surface area contributed by atoms with Gasteiger partial charge in [-0.25, -0.2) is 4.79 Å². The summed E-state index contributed by atoms with van der Waals surface area (Å²) in [6.07, 6.45) is 0. The minimum atomic E-state index is -0.314. The first-order chi connectivity index (χ1) is 9.61. The van der Waals surface area contributed by atoms with Crippen molar-refractivity contribution in [2.75, 3.05) is 12.4 Å². The fourth-order valence-corrected chi connectivity index (χ4v) is 2.04. The molecule has 0 heterocycles. The molecule has 0 spiro atoms. The molecule has 0 saturated carbocycles. The molecule has 0 radical (unpaired) electrons. The van der Waals surface area contributed by atoms with Gasteiger partial charge in [-0.1, -0.05) is 18.2 Å². The molecule has 0 aliphatic rings. The number of ether oxygens (including phenoxy) is 1. The Morgan fingerprint density at radius 2 is 1.80 bits per heavy atom. The molecular weight excluding hydrogens is 250 g/mol. The number of rotatable bonds is 4. The van der Waals surface area contributed by atoms with Crippen LogP contribution in [0.25, 0.3) is 0 Å². The monoisotopic (exact) mass is 269 g/mol. The summed E-state index contributed by atoms with van der Waals surface area (Å²) < 4.78 is 4.67. The lowest BCUT2D eigenvalue weighted by atomic mass is 10.0. The van der Waals surface area contributed by atoms with Crippen molar-refractivity contribution in [2.24, 2.45) is 0 Å². The molecule has 0 saturated heterocycles. The zero-order valence-corrected chi connectivity index (χ0v) is 12.1. The Labute approximate surface area is 119 Å². The predicted molar refractivity (Wildman–Crippen MR) is 81.0 cm³/mol. The van der Waals surface area contributed by atoms with E-state index in [2.05, 4.69) is 42.1 Å². The largest absolute Gasteiger partial charge is 0.465 e. The van der Waals surface area contributed by atoms with Gasteiger partial charge in [0.05, 0.1) is 12.7 Å². The van der Waals surface area contributed by atoms with Crippen LogP contribution >= 0.6 is 0 Å². The van der Waals surface area contributed by atoms with Gasteiger partial charge in [-0.15, -0.1) is 0 Å². The zero-order chi connectivity index (χ0) is 14.5. The van der Waals surface area contributed by atoms with Crippen molar-refractivity contribution < 1.29 is 9.53 Å². The molecule has 2 rings (SSSR count). The molecule has 104 valence electrons. The van der Waals surface area contributed by atoms with E-state index in [0.29, 0.717) is 5.56 Å². The number of hydrogen-bond donors (Lipinski definition) is 1. The van der Waals surface area contributed by atoms with E-state index in [4.69, 9.17) is 0 Å². The quantitative estimate of drug-likeness (QED) is 0.860. The highest BCUT2D eigenvalue weighted by atomic mass is 16.5. The van der Waals surface area contributed by atoms with Crippen molar-refractivity contribution in [3.63, 3.8) is 0 Å². The minimum Gasteiger partial charge on any atom is -0.465 e.